The van der Waals surface area contributed by atoms with Crippen LogP contribution >= 0.6 is 22.9 Å². The molecule has 0 saturated carbocycles. The van der Waals surface area contributed by atoms with Crippen LogP contribution in [0.1, 0.15) is 11.7 Å². The number of ether oxygens (including phenoxy) is 2. The van der Waals surface area contributed by atoms with E-state index < -0.39 is 12.0 Å². The number of carbonyl (C=O) groups is 1. The molecule has 0 aliphatic carbocycles. The fourth-order valence-electron chi connectivity index (χ4n) is 1.73. The molecular formula is C13H13ClN2O4S. The summed E-state index contributed by atoms with van der Waals surface area (Å²) in [6.07, 6.45) is 0. The maximum absolute atomic E-state index is 10.9. The number of halogens is 1. The van der Waals surface area contributed by atoms with Gasteiger partial charge in [0.05, 0.1) is 24.9 Å². The van der Waals surface area contributed by atoms with E-state index in [9.17, 15) is 4.79 Å². The summed E-state index contributed by atoms with van der Waals surface area (Å²) in [5.74, 6) is -0.224. The van der Waals surface area contributed by atoms with Crippen LogP contribution in [0.4, 0.5) is 0 Å². The number of aliphatic carboxylic acids is 1. The number of thiazole rings is 1. The predicted octanol–water partition coefficient (Wildman–Crippen LogP) is 2.57. The van der Waals surface area contributed by atoms with E-state index >= 15 is 0 Å². The van der Waals surface area contributed by atoms with Crippen LogP contribution in [0.25, 0.3) is 10.6 Å². The fraction of sp³-hybridized carbons (Fsp3) is 0.231. The van der Waals surface area contributed by atoms with Crippen molar-refractivity contribution in [3.05, 3.63) is 28.2 Å². The van der Waals surface area contributed by atoms with Crippen LogP contribution in [0.3, 0.4) is 0 Å². The molecule has 3 N–H and O–H groups in total. The van der Waals surface area contributed by atoms with Gasteiger partial charge in [-0.25, -0.2) is 4.98 Å². The van der Waals surface area contributed by atoms with Gasteiger partial charge in [-0.15, -0.1) is 11.3 Å². The fourth-order valence-corrected chi connectivity index (χ4v) is 2.86. The summed E-state index contributed by atoms with van der Waals surface area (Å²) in [6, 6.07) is 2.25. The Bertz CT molecular complexity index is 674. The monoisotopic (exact) mass is 328 g/mol. The van der Waals surface area contributed by atoms with Crippen LogP contribution in [0.15, 0.2) is 17.5 Å². The number of carboxylic acids is 1. The van der Waals surface area contributed by atoms with Gasteiger partial charge in [0.2, 0.25) is 0 Å². The molecule has 8 heteroatoms. The molecule has 0 radical (unpaired) electrons. The molecule has 0 fully saturated rings. The molecular weight excluding hydrogens is 316 g/mol. The Hall–Kier alpha value is -1.83. The zero-order valence-electron chi connectivity index (χ0n) is 11.3. The van der Waals surface area contributed by atoms with E-state index in [1.165, 1.54) is 25.6 Å². The van der Waals surface area contributed by atoms with Gasteiger partial charge in [-0.2, -0.15) is 0 Å². The first kappa shape index (κ1) is 15.6. The third kappa shape index (κ3) is 3.10. The van der Waals surface area contributed by atoms with Crippen LogP contribution in [-0.2, 0) is 4.79 Å². The number of aromatic nitrogens is 1. The number of nitrogens with two attached hydrogens (primary N) is 1. The van der Waals surface area contributed by atoms with Crippen LogP contribution in [0, 0.1) is 0 Å². The quantitative estimate of drug-likeness (QED) is 0.876. The van der Waals surface area contributed by atoms with Crippen molar-refractivity contribution in [1.29, 1.82) is 0 Å². The zero-order valence-corrected chi connectivity index (χ0v) is 12.9. The summed E-state index contributed by atoms with van der Waals surface area (Å²) >= 11 is 7.42. The van der Waals surface area contributed by atoms with E-state index in [-0.39, 0.29) is 0 Å². The number of nitrogens with zero attached hydrogens (tertiary/aromatic N) is 1. The highest BCUT2D eigenvalue weighted by Gasteiger charge is 2.19. The summed E-state index contributed by atoms with van der Waals surface area (Å²) in [6.45, 7) is 0. The van der Waals surface area contributed by atoms with Crippen LogP contribution in [0.2, 0.25) is 5.02 Å². The molecule has 2 rings (SSSR count). The molecule has 0 saturated heterocycles. The summed E-state index contributed by atoms with van der Waals surface area (Å²) in [7, 11) is 3.00. The van der Waals surface area contributed by atoms with Crippen molar-refractivity contribution >= 4 is 28.9 Å². The standard InChI is InChI=1S/C13H13ClN2O4S/c1-19-9-4-6(3-7(14)11(9)20-2)12-16-8(5-21-12)10(15)13(17)18/h3-5,10H,15H2,1-2H3,(H,17,18). The van der Waals surface area contributed by atoms with Crippen molar-refractivity contribution in [2.24, 2.45) is 5.73 Å². The lowest BCUT2D eigenvalue weighted by Gasteiger charge is -2.10. The number of hydrogen-bond donors (Lipinski definition) is 2. The average molecular weight is 329 g/mol. The van der Waals surface area contributed by atoms with Gasteiger partial charge in [-0.05, 0) is 12.1 Å². The van der Waals surface area contributed by atoms with Crippen molar-refractivity contribution in [2.75, 3.05) is 14.2 Å². The highest BCUT2D eigenvalue weighted by atomic mass is 35.5. The summed E-state index contributed by atoms with van der Waals surface area (Å²) in [4.78, 5) is 15.1. The summed E-state index contributed by atoms with van der Waals surface area (Å²) in [5, 5.41) is 11.5. The Morgan fingerprint density at radius 2 is 2.14 bits per heavy atom. The Labute approximate surface area is 130 Å². The highest BCUT2D eigenvalue weighted by Crippen LogP contribution is 2.40. The SMILES string of the molecule is COc1cc(-c2nc(C(N)C(=O)O)cs2)cc(Cl)c1OC. The summed E-state index contributed by atoms with van der Waals surface area (Å²) in [5.41, 5.74) is 6.53. The van der Waals surface area contributed by atoms with E-state index in [0.717, 1.165) is 0 Å². The third-order valence-corrected chi connectivity index (χ3v) is 3.98. The molecule has 1 atom stereocenters. The molecule has 1 aromatic heterocycles. The molecule has 0 spiro atoms. The maximum Gasteiger partial charge on any atom is 0.326 e. The van der Waals surface area contributed by atoms with Gasteiger partial charge in [0, 0.05) is 10.9 Å². The van der Waals surface area contributed by atoms with Gasteiger partial charge in [0.25, 0.3) is 0 Å². The Balaban J connectivity index is 2.43. The first-order chi connectivity index (χ1) is 9.97. The van der Waals surface area contributed by atoms with Gasteiger partial charge in [-0.3, -0.25) is 4.79 Å². The molecule has 0 bridgehead atoms. The Kier molecular flexibility index (Phi) is 4.66. The lowest BCUT2D eigenvalue weighted by molar-refractivity contribution is -0.138. The maximum atomic E-state index is 10.9. The smallest absolute Gasteiger partial charge is 0.326 e. The van der Waals surface area contributed by atoms with Gasteiger partial charge < -0.3 is 20.3 Å². The van der Waals surface area contributed by atoms with Crippen LogP contribution in [-0.4, -0.2) is 30.3 Å². The first-order valence-corrected chi connectivity index (χ1v) is 7.09. The molecule has 1 heterocycles. The minimum Gasteiger partial charge on any atom is -0.493 e. The van der Waals surface area contributed by atoms with Crippen molar-refractivity contribution in [3.63, 3.8) is 0 Å². The van der Waals surface area contributed by atoms with E-state index in [1.807, 2.05) is 0 Å². The van der Waals surface area contributed by atoms with Gasteiger partial charge in [0.15, 0.2) is 11.5 Å². The molecule has 1 aromatic carbocycles. The van der Waals surface area contributed by atoms with Crippen molar-refractivity contribution in [3.8, 4) is 22.1 Å². The van der Waals surface area contributed by atoms with E-state index in [2.05, 4.69) is 4.98 Å². The van der Waals surface area contributed by atoms with E-state index in [1.54, 1.807) is 17.5 Å². The molecule has 112 valence electrons. The second-order valence-corrected chi connectivity index (χ2v) is 5.35. The van der Waals surface area contributed by atoms with Crippen molar-refractivity contribution < 1.29 is 19.4 Å². The number of carboxylic acid groups (broad SMARTS) is 1. The summed E-state index contributed by atoms with van der Waals surface area (Å²) < 4.78 is 10.4. The second-order valence-electron chi connectivity index (χ2n) is 4.09. The molecule has 21 heavy (non-hydrogen) atoms. The molecule has 0 aliphatic rings. The van der Waals surface area contributed by atoms with E-state index in [4.69, 9.17) is 31.9 Å². The lowest BCUT2D eigenvalue weighted by atomic mass is 10.2. The molecule has 6 nitrogen and oxygen atoms in total. The lowest BCUT2D eigenvalue weighted by Crippen LogP contribution is -2.20. The van der Waals surface area contributed by atoms with Crippen LogP contribution in [0.5, 0.6) is 11.5 Å². The van der Waals surface area contributed by atoms with Gasteiger partial charge in [0.1, 0.15) is 11.0 Å². The number of benzene rings is 1. The highest BCUT2D eigenvalue weighted by molar-refractivity contribution is 7.13. The molecule has 0 amide bonds. The topological polar surface area (TPSA) is 94.7 Å². The molecule has 0 aliphatic heterocycles. The first-order valence-electron chi connectivity index (χ1n) is 5.83. The Morgan fingerprint density at radius 1 is 1.43 bits per heavy atom. The Morgan fingerprint density at radius 3 is 2.71 bits per heavy atom. The van der Waals surface area contributed by atoms with Crippen molar-refractivity contribution in [1.82, 2.24) is 4.98 Å². The van der Waals surface area contributed by atoms with E-state index in [0.29, 0.717) is 32.8 Å². The minimum absolute atomic E-state index is 0.299. The number of rotatable bonds is 5. The van der Waals surface area contributed by atoms with Crippen LogP contribution < -0.4 is 15.2 Å². The number of methoxy groups -OCH3 is 2. The van der Waals surface area contributed by atoms with Gasteiger partial charge in [-0.1, -0.05) is 11.6 Å². The van der Waals surface area contributed by atoms with Gasteiger partial charge >= 0.3 is 5.97 Å². The zero-order chi connectivity index (χ0) is 15.6. The molecule has 2 aromatic rings. The molecule has 1 unspecified atom stereocenters. The second kappa shape index (κ2) is 6.30. The van der Waals surface area contributed by atoms with Crippen molar-refractivity contribution in [2.45, 2.75) is 6.04 Å². The average Bonchev–Trinajstić information content (AvgIpc) is 2.95. The largest absolute Gasteiger partial charge is 0.493 e. The minimum atomic E-state index is -1.15. The third-order valence-electron chi connectivity index (χ3n) is 2.79. The predicted molar refractivity (Wildman–Crippen MR) is 80.2 cm³/mol. The number of hydrogen-bond acceptors (Lipinski definition) is 6. The normalized spacial score (nSPS) is 12.0.